The molecule has 1 fully saturated rings. The van der Waals surface area contributed by atoms with E-state index >= 15 is 0 Å². The van der Waals surface area contributed by atoms with Crippen LogP contribution >= 0.6 is 7.52 Å². The second kappa shape index (κ2) is 4.89. The Labute approximate surface area is 98.8 Å². The van der Waals surface area contributed by atoms with Crippen LogP contribution in [0.3, 0.4) is 0 Å². The van der Waals surface area contributed by atoms with Crippen molar-refractivity contribution in [1.82, 2.24) is 9.32 Å². The Balaban J connectivity index is 2.13. The molecular weight excluding hydrogens is 245 g/mol. The summed E-state index contributed by atoms with van der Waals surface area (Å²) >= 11 is 0. The molecule has 92 valence electrons. The van der Waals surface area contributed by atoms with E-state index in [1.807, 2.05) is 0 Å². The average Bonchev–Trinajstić information content (AvgIpc) is 2.89. The summed E-state index contributed by atoms with van der Waals surface area (Å²) in [5.74, 6) is 0. The first-order valence-electron chi connectivity index (χ1n) is 5.53. The van der Waals surface area contributed by atoms with E-state index < -0.39 is 26.2 Å². The van der Waals surface area contributed by atoms with E-state index in [4.69, 9.17) is 11.6 Å². The van der Waals surface area contributed by atoms with Gasteiger partial charge in [0.25, 0.3) is 0 Å². The van der Waals surface area contributed by atoms with Crippen molar-refractivity contribution in [3.63, 3.8) is 0 Å². The zero-order chi connectivity index (χ0) is 13.2. The molecular formula is C8H12N5O3P. The van der Waals surface area contributed by atoms with Gasteiger partial charge in [0.2, 0.25) is 0 Å². The number of ether oxygens (including phenoxy) is 1. The van der Waals surface area contributed by atoms with Crippen LogP contribution < -0.4 is 0 Å². The van der Waals surface area contributed by atoms with Crippen molar-refractivity contribution < 1.29 is 15.6 Å². The zero-order valence-corrected chi connectivity index (χ0v) is 9.72. The largest absolute Gasteiger partial charge is 0.377 e. The normalized spacial score (nSPS) is 32.5. The van der Waals surface area contributed by atoms with Crippen molar-refractivity contribution in [2.24, 2.45) is 5.11 Å². The van der Waals surface area contributed by atoms with E-state index in [-0.39, 0.29) is 12.6 Å². The number of azide groups is 1. The summed E-state index contributed by atoms with van der Waals surface area (Å²) in [6.45, 7) is -0.826. The van der Waals surface area contributed by atoms with Gasteiger partial charge >= 0.3 is 7.52 Å². The smallest absolute Gasteiger partial charge is 0.301 e. The first kappa shape index (κ1) is 10.8. The fraction of sp³-hybridized carbons (Fsp3) is 0.625. The van der Waals surface area contributed by atoms with Gasteiger partial charge < -0.3 is 9.63 Å². The molecule has 2 rings (SSSR count). The molecule has 1 aliphatic rings. The maximum atomic E-state index is 12.1. The highest BCUT2D eigenvalue weighted by molar-refractivity contribution is 7.56. The lowest BCUT2D eigenvalue weighted by molar-refractivity contribution is 0.119. The summed E-state index contributed by atoms with van der Waals surface area (Å²) in [7, 11) is -3.67. The van der Waals surface area contributed by atoms with Crippen molar-refractivity contribution in [2.75, 3.05) is 12.7 Å². The van der Waals surface area contributed by atoms with Gasteiger partial charge in [0, 0.05) is 23.9 Å². The third-order valence-corrected chi connectivity index (χ3v) is 4.30. The van der Waals surface area contributed by atoms with Crippen LogP contribution in [0.1, 0.15) is 7.79 Å². The monoisotopic (exact) mass is 259 g/mol. The lowest BCUT2D eigenvalue weighted by Gasteiger charge is -2.18. The van der Waals surface area contributed by atoms with E-state index in [0.29, 0.717) is 0 Å². The van der Waals surface area contributed by atoms with E-state index in [2.05, 4.69) is 15.0 Å². The minimum absolute atomic E-state index is 0.206. The summed E-state index contributed by atoms with van der Waals surface area (Å²) < 4.78 is 25.9. The molecule has 1 aliphatic heterocycles. The van der Waals surface area contributed by atoms with E-state index in [0.717, 1.165) is 4.34 Å². The third kappa shape index (κ3) is 2.68. The third-order valence-electron chi connectivity index (χ3n) is 2.51. The van der Waals surface area contributed by atoms with Crippen LogP contribution in [0, 0.1) is 0 Å². The first-order valence-corrected chi connectivity index (χ1v) is 6.75. The van der Waals surface area contributed by atoms with Crippen LogP contribution in [0.15, 0.2) is 23.8 Å². The predicted molar refractivity (Wildman–Crippen MR) is 59.6 cm³/mol. The Kier molecular flexibility index (Phi) is 3.11. The second-order valence-corrected chi connectivity index (χ2v) is 5.80. The highest BCUT2D eigenvalue weighted by atomic mass is 31.2. The maximum Gasteiger partial charge on any atom is 0.301 e. The first-order chi connectivity index (χ1) is 8.53. The Hall–Kier alpha value is -1.33. The topological polar surface area (TPSA) is 113 Å². The molecule has 17 heavy (non-hydrogen) atoms. The minimum Gasteiger partial charge on any atom is -0.377 e. The van der Waals surface area contributed by atoms with Gasteiger partial charge in [-0.15, -0.1) is 0 Å². The van der Waals surface area contributed by atoms with Crippen molar-refractivity contribution in [3.8, 4) is 0 Å². The molecule has 1 saturated heterocycles. The molecule has 0 spiro atoms. The fourth-order valence-corrected chi connectivity index (χ4v) is 3.11. The molecule has 0 amide bonds. The molecule has 1 N–H and O–H groups in total. The maximum absolute atomic E-state index is 12.1. The predicted octanol–water partition coefficient (Wildman–Crippen LogP) is 1.38. The number of rotatable bonds is 4. The van der Waals surface area contributed by atoms with Gasteiger partial charge in [0.15, 0.2) is 0 Å². The summed E-state index contributed by atoms with van der Waals surface area (Å²) in [4.78, 5) is 16.3. The van der Waals surface area contributed by atoms with Gasteiger partial charge in [-0.3, -0.25) is 8.90 Å². The van der Waals surface area contributed by atoms with Gasteiger partial charge in [-0.05, 0) is 12.0 Å². The van der Waals surface area contributed by atoms with Crippen molar-refractivity contribution in [3.05, 3.63) is 29.2 Å². The molecule has 2 heterocycles. The number of imidazole rings is 1. The van der Waals surface area contributed by atoms with E-state index in [9.17, 15) is 9.46 Å². The number of aromatic nitrogens is 2. The van der Waals surface area contributed by atoms with E-state index in [1.54, 1.807) is 0 Å². The molecule has 0 bridgehead atoms. The quantitative estimate of drug-likeness (QED) is 0.381. The lowest BCUT2D eigenvalue weighted by atomic mass is 10.2. The summed E-state index contributed by atoms with van der Waals surface area (Å²) in [6, 6.07) is -0.582. The summed E-state index contributed by atoms with van der Waals surface area (Å²) in [5, 5.41) is 3.50. The molecule has 1 aromatic heterocycles. The van der Waals surface area contributed by atoms with Gasteiger partial charge in [0.05, 0.1) is 19.7 Å². The van der Waals surface area contributed by atoms with Crippen LogP contribution in [0.4, 0.5) is 0 Å². The summed E-state index contributed by atoms with van der Waals surface area (Å²) in [6.07, 6.45) is 3.34. The molecule has 0 saturated carbocycles. The summed E-state index contributed by atoms with van der Waals surface area (Å²) in [5.41, 5.74) is 8.41. The molecule has 2 unspecified atom stereocenters. The molecule has 0 aromatic carbocycles. The van der Waals surface area contributed by atoms with Crippen LogP contribution in [0.25, 0.3) is 10.4 Å². The molecule has 8 nitrogen and oxygen atoms in total. The Bertz CT molecular complexity index is 503. The fourth-order valence-electron chi connectivity index (χ4n) is 1.64. The zero-order valence-electron chi connectivity index (χ0n) is 9.83. The van der Waals surface area contributed by atoms with Crippen LogP contribution in [-0.2, 0) is 9.30 Å². The molecule has 4 atom stereocenters. The average molecular weight is 259 g/mol. The van der Waals surface area contributed by atoms with Crippen molar-refractivity contribution in [1.29, 1.82) is 0 Å². The van der Waals surface area contributed by atoms with Crippen molar-refractivity contribution >= 4 is 7.52 Å². The molecule has 0 radical (unpaired) electrons. The van der Waals surface area contributed by atoms with Crippen LogP contribution in [0.5, 0.6) is 0 Å². The highest BCUT2D eigenvalue weighted by Gasteiger charge is 2.34. The van der Waals surface area contributed by atoms with Crippen LogP contribution in [-0.4, -0.2) is 39.1 Å². The number of hydrogen-bond acceptors (Lipinski definition) is 4. The van der Waals surface area contributed by atoms with Gasteiger partial charge in [0.1, 0.15) is 6.33 Å². The standard InChI is InChI=1S/C8H12N5O3P/c9-12-11-7-1-4-16-8(7)5-17(14,15)13-3-2-10-6-13/h2-3,6-8H,1,4-5H2,(H,14,15)/t7-,8-/m1/s1/i4T/t4?,7-,8-. The minimum atomic E-state index is -3.67. The van der Waals surface area contributed by atoms with Crippen LogP contribution in [0.2, 0.25) is 0 Å². The number of hydrogen-bond donors (Lipinski definition) is 1. The molecule has 9 heteroatoms. The highest BCUT2D eigenvalue weighted by Crippen LogP contribution is 2.44. The SMILES string of the molecule is [3H]C1C[C@@H](N=[N+]=[N-])[C@@H](CP(=O)(O)n2ccnc2)O1. The Morgan fingerprint density at radius 2 is 2.71 bits per heavy atom. The lowest BCUT2D eigenvalue weighted by Crippen LogP contribution is -2.24. The second-order valence-electron chi connectivity index (χ2n) is 3.64. The molecule has 1 aromatic rings. The van der Waals surface area contributed by atoms with E-state index in [1.165, 1.54) is 18.7 Å². The van der Waals surface area contributed by atoms with Crippen molar-refractivity contribution in [2.45, 2.75) is 18.6 Å². The van der Waals surface area contributed by atoms with Gasteiger partial charge in [-0.1, -0.05) is 5.11 Å². The molecule has 0 aliphatic carbocycles. The Morgan fingerprint density at radius 3 is 3.35 bits per heavy atom. The van der Waals surface area contributed by atoms with Gasteiger partial charge in [-0.25, -0.2) is 4.98 Å². The number of nitrogens with zero attached hydrogens (tertiary/aromatic N) is 5. The Morgan fingerprint density at radius 1 is 1.88 bits per heavy atom. The van der Waals surface area contributed by atoms with Gasteiger partial charge in [-0.2, -0.15) is 0 Å².